The van der Waals surface area contributed by atoms with Gasteiger partial charge in [0.15, 0.2) is 0 Å². The molecule has 0 spiro atoms. The summed E-state index contributed by atoms with van der Waals surface area (Å²) in [5.74, 6) is 0. The van der Waals surface area contributed by atoms with Crippen LogP contribution in [0.1, 0.15) is 19.8 Å². The summed E-state index contributed by atoms with van der Waals surface area (Å²) in [6.45, 7) is 3.56. The van der Waals surface area contributed by atoms with E-state index in [0.29, 0.717) is 19.8 Å². The normalized spacial score (nSPS) is 11.8. The summed E-state index contributed by atoms with van der Waals surface area (Å²) < 4.78 is 29.2. The molecule has 6 heteroatoms. The van der Waals surface area contributed by atoms with E-state index >= 15 is 0 Å². The molecule has 0 unspecified atom stereocenters. The third-order valence-electron chi connectivity index (χ3n) is 1.35. The number of halogens is 1. The Balaban J connectivity index is 3.26. The monoisotopic (exact) mass is 273 g/mol. The molecule has 0 aliphatic rings. The quantitative estimate of drug-likeness (QED) is 0.532. The molecule has 0 amide bonds. The molecule has 0 fully saturated rings. The standard InChI is InChI=1S/C7H16BrNO3S/c1-2-3-5-12-6-4-9-13(10,11)7-8/h9H,2-7H2,1H3. The number of nitrogens with one attached hydrogen (secondary N) is 1. The van der Waals surface area contributed by atoms with Crippen LogP contribution in [0.4, 0.5) is 0 Å². The maximum absolute atomic E-state index is 10.9. The maximum atomic E-state index is 10.9. The van der Waals surface area contributed by atoms with Crippen molar-refractivity contribution in [2.24, 2.45) is 0 Å². The van der Waals surface area contributed by atoms with E-state index in [4.69, 9.17) is 4.74 Å². The molecule has 4 nitrogen and oxygen atoms in total. The predicted octanol–water partition coefficient (Wildman–Crippen LogP) is 1.07. The first-order valence-electron chi connectivity index (χ1n) is 4.23. The summed E-state index contributed by atoms with van der Waals surface area (Å²) in [5, 5.41) is 0. The van der Waals surface area contributed by atoms with Gasteiger partial charge in [0, 0.05) is 13.2 Å². The van der Waals surface area contributed by atoms with Gasteiger partial charge in [0.05, 0.1) is 6.61 Å². The molecule has 13 heavy (non-hydrogen) atoms. The van der Waals surface area contributed by atoms with Crippen molar-refractivity contribution in [3.8, 4) is 0 Å². The van der Waals surface area contributed by atoms with E-state index in [-0.39, 0.29) is 4.66 Å². The molecule has 0 bridgehead atoms. The Labute approximate surface area is 88.2 Å². The summed E-state index contributed by atoms with van der Waals surface area (Å²) in [6.07, 6.45) is 2.11. The minimum Gasteiger partial charge on any atom is -0.380 e. The first-order chi connectivity index (χ1) is 6.12. The second-order valence-electron chi connectivity index (χ2n) is 2.58. The van der Waals surface area contributed by atoms with Gasteiger partial charge in [-0.25, -0.2) is 13.1 Å². The van der Waals surface area contributed by atoms with Crippen molar-refractivity contribution in [2.75, 3.05) is 24.4 Å². The number of hydrogen-bond donors (Lipinski definition) is 1. The van der Waals surface area contributed by atoms with Gasteiger partial charge in [-0.2, -0.15) is 0 Å². The molecule has 80 valence electrons. The number of ether oxygens (including phenoxy) is 1. The van der Waals surface area contributed by atoms with E-state index in [1.165, 1.54) is 0 Å². The summed E-state index contributed by atoms with van der Waals surface area (Å²) in [7, 11) is -3.13. The highest BCUT2D eigenvalue weighted by Gasteiger charge is 2.04. The van der Waals surface area contributed by atoms with Crippen LogP contribution in [0.25, 0.3) is 0 Å². The molecule has 0 heterocycles. The van der Waals surface area contributed by atoms with Gasteiger partial charge in [0.25, 0.3) is 0 Å². The Kier molecular flexibility index (Phi) is 7.93. The Morgan fingerprint density at radius 1 is 1.38 bits per heavy atom. The van der Waals surface area contributed by atoms with Crippen LogP contribution in [0, 0.1) is 0 Å². The summed E-state index contributed by atoms with van der Waals surface area (Å²) in [5.41, 5.74) is 0. The average molecular weight is 274 g/mol. The third kappa shape index (κ3) is 8.67. The van der Waals surface area contributed by atoms with Crippen LogP contribution >= 0.6 is 15.9 Å². The van der Waals surface area contributed by atoms with E-state index in [0.717, 1.165) is 12.8 Å². The Morgan fingerprint density at radius 3 is 2.62 bits per heavy atom. The zero-order valence-corrected chi connectivity index (χ0v) is 10.2. The molecule has 0 radical (unpaired) electrons. The van der Waals surface area contributed by atoms with Crippen molar-refractivity contribution < 1.29 is 13.2 Å². The molecule has 0 rings (SSSR count). The topological polar surface area (TPSA) is 55.4 Å². The summed E-state index contributed by atoms with van der Waals surface area (Å²) >= 11 is 2.87. The first kappa shape index (κ1) is 13.4. The van der Waals surface area contributed by atoms with E-state index < -0.39 is 10.0 Å². The fourth-order valence-electron chi connectivity index (χ4n) is 0.656. The maximum Gasteiger partial charge on any atom is 0.221 e. The number of unbranched alkanes of at least 4 members (excludes halogenated alkanes) is 1. The van der Waals surface area contributed by atoms with Gasteiger partial charge >= 0.3 is 0 Å². The molecule has 0 aliphatic heterocycles. The van der Waals surface area contributed by atoms with Crippen LogP contribution in [0.5, 0.6) is 0 Å². The highest BCUT2D eigenvalue weighted by Crippen LogP contribution is 1.90. The van der Waals surface area contributed by atoms with Crippen LogP contribution in [0.2, 0.25) is 0 Å². The lowest BCUT2D eigenvalue weighted by Gasteiger charge is -2.04. The van der Waals surface area contributed by atoms with E-state index in [2.05, 4.69) is 27.6 Å². The van der Waals surface area contributed by atoms with Crippen molar-refractivity contribution in [2.45, 2.75) is 19.8 Å². The largest absolute Gasteiger partial charge is 0.380 e. The smallest absolute Gasteiger partial charge is 0.221 e. The minimum absolute atomic E-state index is 0.0606. The second-order valence-corrected chi connectivity index (χ2v) is 5.69. The highest BCUT2D eigenvalue weighted by atomic mass is 79.9. The van der Waals surface area contributed by atoms with Gasteiger partial charge in [-0.1, -0.05) is 29.3 Å². The van der Waals surface area contributed by atoms with Gasteiger partial charge in [-0.3, -0.25) is 0 Å². The molecule has 0 atom stereocenters. The van der Waals surface area contributed by atoms with Crippen molar-refractivity contribution in [1.29, 1.82) is 0 Å². The Bertz CT molecular complexity index is 206. The first-order valence-corrected chi connectivity index (χ1v) is 7.01. The molecule has 0 aromatic heterocycles. The SMILES string of the molecule is CCCCOCCNS(=O)(=O)CBr. The lowest BCUT2D eigenvalue weighted by molar-refractivity contribution is 0.136. The molecular formula is C7H16BrNO3S. The second kappa shape index (κ2) is 7.73. The number of hydrogen-bond acceptors (Lipinski definition) is 3. The average Bonchev–Trinajstić information content (AvgIpc) is 2.11. The van der Waals surface area contributed by atoms with Crippen molar-refractivity contribution in [3.05, 3.63) is 0 Å². The van der Waals surface area contributed by atoms with Gasteiger partial charge in [0.1, 0.15) is 4.66 Å². The third-order valence-corrected chi connectivity index (χ3v) is 4.09. The zero-order valence-electron chi connectivity index (χ0n) is 7.75. The molecule has 0 aromatic rings. The molecule has 0 aromatic carbocycles. The molecule has 0 saturated carbocycles. The lowest BCUT2D eigenvalue weighted by atomic mass is 10.4. The Hall–Kier alpha value is 0.350. The van der Waals surface area contributed by atoms with E-state index in [1.54, 1.807) is 0 Å². The molecule has 1 N–H and O–H groups in total. The molecule has 0 saturated heterocycles. The fourth-order valence-corrected chi connectivity index (χ4v) is 1.61. The van der Waals surface area contributed by atoms with Crippen molar-refractivity contribution in [3.63, 3.8) is 0 Å². The van der Waals surface area contributed by atoms with Crippen LogP contribution in [-0.4, -0.2) is 32.8 Å². The van der Waals surface area contributed by atoms with Crippen LogP contribution < -0.4 is 4.72 Å². The summed E-state index contributed by atoms with van der Waals surface area (Å²) in [4.78, 5) is 0. The zero-order chi connectivity index (χ0) is 10.2. The number of rotatable bonds is 8. The van der Waals surface area contributed by atoms with Crippen LogP contribution in [0.3, 0.4) is 0 Å². The fraction of sp³-hybridized carbons (Fsp3) is 1.00. The summed E-state index contributed by atoms with van der Waals surface area (Å²) in [6, 6.07) is 0. The molecular weight excluding hydrogens is 258 g/mol. The van der Waals surface area contributed by atoms with Crippen molar-refractivity contribution >= 4 is 26.0 Å². The lowest BCUT2D eigenvalue weighted by Crippen LogP contribution is -2.28. The van der Waals surface area contributed by atoms with E-state index in [9.17, 15) is 8.42 Å². The van der Waals surface area contributed by atoms with Gasteiger partial charge in [0.2, 0.25) is 10.0 Å². The van der Waals surface area contributed by atoms with Crippen LogP contribution in [-0.2, 0) is 14.8 Å². The van der Waals surface area contributed by atoms with Gasteiger partial charge in [-0.15, -0.1) is 0 Å². The van der Waals surface area contributed by atoms with Gasteiger partial charge in [-0.05, 0) is 6.42 Å². The minimum atomic E-state index is -3.13. The van der Waals surface area contributed by atoms with Gasteiger partial charge < -0.3 is 4.74 Å². The van der Waals surface area contributed by atoms with Crippen LogP contribution in [0.15, 0.2) is 0 Å². The highest BCUT2D eigenvalue weighted by molar-refractivity contribution is 9.10. The Morgan fingerprint density at radius 2 is 2.08 bits per heavy atom. The molecule has 0 aliphatic carbocycles. The number of sulfonamides is 1. The van der Waals surface area contributed by atoms with Crippen molar-refractivity contribution in [1.82, 2.24) is 4.72 Å². The van der Waals surface area contributed by atoms with E-state index in [1.807, 2.05) is 0 Å². The predicted molar refractivity (Wildman–Crippen MR) is 56.4 cm³/mol. The number of alkyl halides is 1.